The van der Waals surface area contributed by atoms with Crippen molar-refractivity contribution in [3.63, 3.8) is 0 Å². The van der Waals surface area contributed by atoms with Crippen LogP contribution in [0.5, 0.6) is 0 Å². The molecule has 4 aliphatic rings. The fourth-order valence-corrected chi connectivity index (χ4v) is 13.3. The van der Waals surface area contributed by atoms with Gasteiger partial charge in [-0.05, 0) is 142 Å². The summed E-state index contributed by atoms with van der Waals surface area (Å²) in [7, 11) is 0. The second-order valence-electron chi connectivity index (χ2n) is 18.5. The van der Waals surface area contributed by atoms with Crippen LogP contribution >= 0.6 is 23.1 Å². The van der Waals surface area contributed by atoms with Crippen LogP contribution in [0.15, 0.2) is 163 Å². The first-order chi connectivity index (χ1) is 32.3. The summed E-state index contributed by atoms with van der Waals surface area (Å²) in [5, 5.41) is 1.42. The topological polar surface area (TPSA) is 4.93 Å². The fraction of sp³-hybridized carbons (Fsp3) is 0.270. The highest BCUT2D eigenvalue weighted by atomic mass is 32.2. The Bertz CT molecular complexity index is 2970. The van der Waals surface area contributed by atoms with Gasteiger partial charge in [-0.25, -0.2) is 0 Å². The van der Waals surface area contributed by atoms with Gasteiger partial charge in [-0.2, -0.15) is 0 Å². The van der Waals surface area contributed by atoms with Gasteiger partial charge in [0.05, 0.1) is 0 Å². The Labute approximate surface area is 403 Å². The molecule has 3 heterocycles. The molecule has 3 aliphatic carbocycles. The van der Waals surface area contributed by atoms with E-state index in [0.29, 0.717) is 11.8 Å². The second-order valence-corrected chi connectivity index (χ2v) is 20.6. The molecule has 0 spiro atoms. The van der Waals surface area contributed by atoms with Crippen molar-refractivity contribution in [3.8, 4) is 16.8 Å². The molecule has 6 aromatic rings. The number of aryl methyl sites for hydroxylation is 1. The van der Waals surface area contributed by atoms with E-state index in [0.717, 1.165) is 50.7 Å². The lowest BCUT2D eigenvalue weighted by molar-refractivity contribution is 0.335. The molecule has 1 nitrogen and oxygen atoms in total. The maximum absolute atomic E-state index is 4.58. The average molecular weight is 900 g/mol. The molecule has 0 amide bonds. The normalized spacial score (nSPS) is 19.4. The van der Waals surface area contributed by atoms with E-state index in [1.165, 1.54) is 98.0 Å². The first kappa shape index (κ1) is 45.5. The lowest BCUT2D eigenvalue weighted by Gasteiger charge is -2.29. The monoisotopic (exact) mass is 899 g/mol. The van der Waals surface area contributed by atoms with Crippen molar-refractivity contribution in [1.29, 1.82) is 0 Å². The highest BCUT2D eigenvalue weighted by molar-refractivity contribution is 7.99. The Morgan fingerprint density at radius 1 is 0.848 bits per heavy atom. The molecule has 66 heavy (non-hydrogen) atoms. The molecule has 0 fully saturated rings. The highest BCUT2D eigenvalue weighted by Gasteiger charge is 2.42. The van der Waals surface area contributed by atoms with Crippen molar-refractivity contribution in [2.75, 3.05) is 5.75 Å². The summed E-state index contributed by atoms with van der Waals surface area (Å²) in [6.45, 7) is 17.9. The van der Waals surface area contributed by atoms with Gasteiger partial charge in [-0.3, -0.25) is 0 Å². The van der Waals surface area contributed by atoms with E-state index < -0.39 is 0 Å². The molecule has 10 rings (SSSR count). The zero-order valence-corrected chi connectivity index (χ0v) is 41.5. The van der Waals surface area contributed by atoms with Crippen molar-refractivity contribution in [1.82, 2.24) is 4.57 Å². The molecular weight excluding hydrogens is 835 g/mol. The van der Waals surface area contributed by atoms with Crippen LogP contribution in [-0.2, 0) is 12.8 Å². The molecule has 0 saturated heterocycles. The predicted molar refractivity (Wildman–Crippen MR) is 293 cm³/mol. The van der Waals surface area contributed by atoms with Crippen LogP contribution in [0.3, 0.4) is 0 Å². The zero-order chi connectivity index (χ0) is 45.8. The van der Waals surface area contributed by atoms with Crippen LogP contribution in [0.2, 0.25) is 0 Å². The molecule has 0 N–H and O–H groups in total. The Kier molecular flexibility index (Phi) is 13.9. The molecule has 2 atom stereocenters. The average Bonchev–Trinajstić information content (AvgIpc) is 4.00. The van der Waals surface area contributed by atoms with Gasteiger partial charge in [0, 0.05) is 54.8 Å². The Balaban J connectivity index is 0.00000270. The van der Waals surface area contributed by atoms with Gasteiger partial charge in [-0.15, -0.1) is 23.1 Å². The number of fused-ring (bicyclic) bond motifs is 4. The second kappa shape index (κ2) is 20.1. The van der Waals surface area contributed by atoms with Crippen molar-refractivity contribution in [3.05, 3.63) is 202 Å². The number of thiophene rings is 1. The Morgan fingerprint density at radius 2 is 1.62 bits per heavy atom. The molecule has 2 unspecified atom stereocenters. The van der Waals surface area contributed by atoms with Crippen LogP contribution in [0.1, 0.15) is 118 Å². The van der Waals surface area contributed by atoms with E-state index in [1.54, 1.807) is 0 Å². The molecule has 0 saturated carbocycles. The van der Waals surface area contributed by atoms with E-state index in [4.69, 9.17) is 0 Å². The van der Waals surface area contributed by atoms with Gasteiger partial charge >= 0.3 is 0 Å². The largest absolute Gasteiger partial charge is 0.320 e. The zero-order valence-electron chi connectivity index (χ0n) is 39.9. The van der Waals surface area contributed by atoms with E-state index >= 15 is 0 Å². The summed E-state index contributed by atoms with van der Waals surface area (Å²) in [6, 6.07) is 34.1. The van der Waals surface area contributed by atoms with Crippen LogP contribution in [0, 0.1) is 17.3 Å². The third kappa shape index (κ3) is 8.85. The third-order valence-electron chi connectivity index (χ3n) is 13.9. The number of benzene rings is 4. The molecule has 0 bridgehead atoms. The Morgan fingerprint density at radius 3 is 2.42 bits per heavy atom. The third-order valence-corrected chi connectivity index (χ3v) is 16.3. The van der Waals surface area contributed by atoms with Crippen LogP contribution in [0.4, 0.5) is 0 Å². The molecule has 0 radical (unpaired) electrons. The van der Waals surface area contributed by atoms with E-state index in [-0.39, 0.29) is 5.41 Å². The number of thioether (sulfide) groups is 1. The summed E-state index contributed by atoms with van der Waals surface area (Å²) in [5.41, 5.74) is 18.7. The highest BCUT2D eigenvalue weighted by Crippen LogP contribution is 2.55. The minimum absolute atomic E-state index is 0.131. The molecule has 4 aromatic carbocycles. The number of allylic oxidation sites excluding steroid dienone is 12. The van der Waals surface area contributed by atoms with E-state index in [2.05, 4.69) is 203 Å². The van der Waals surface area contributed by atoms with Crippen LogP contribution in [0.25, 0.3) is 61.3 Å². The summed E-state index contributed by atoms with van der Waals surface area (Å²) in [4.78, 5) is 2.87. The molecule has 1 aliphatic heterocycles. The minimum Gasteiger partial charge on any atom is -0.320 e. The van der Waals surface area contributed by atoms with Gasteiger partial charge in [0.25, 0.3) is 0 Å². The van der Waals surface area contributed by atoms with Gasteiger partial charge in [0.2, 0.25) is 0 Å². The number of hydrogen-bond donors (Lipinski definition) is 0. The Hall–Kier alpha value is -5.61. The van der Waals surface area contributed by atoms with Crippen molar-refractivity contribution in [2.45, 2.75) is 91.4 Å². The standard InChI is InChI=1S/C61H59NS2.C2H6/c1-6-19-44(42-30-32-43(33-31-42)49-26-18-28-53-52(20-7-2)60(64-59(49)53)55-39-61(4,5)56-29-15-14-24-51(55)56)37-46-40-62(47-22-12-10-13-23-47)57-35-34-45(38-54(46)57)50-27-17-25-48-41(3)21-11-8-9-16-36-63-58(48)50;1-2/h6,9-10,12-19,22-33,37-40,51,56H,3,7-8,11,20-21,34-36H2,1-2,4-5H3;1-2H3/b16-9-,19-6-,44-37+;. The number of hydrogen-bond acceptors (Lipinski definition) is 2. The quantitative estimate of drug-likeness (QED) is 0.103. The van der Waals surface area contributed by atoms with E-state index in [9.17, 15) is 0 Å². The number of rotatable bonds is 9. The lowest BCUT2D eigenvalue weighted by atomic mass is 9.75. The summed E-state index contributed by atoms with van der Waals surface area (Å²) in [5.74, 6) is 1.93. The van der Waals surface area contributed by atoms with Gasteiger partial charge in [0.1, 0.15) is 0 Å². The van der Waals surface area contributed by atoms with Gasteiger partial charge in [0.15, 0.2) is 0 Å². The maximum Gasteiger partial charge on any atom is 0.0452 e. The SMILES string of the molecule is C=C1CCC/C=C\CSc2c1cccc2C1=Cc2c(/C=C(\C=C/C)c3ccc(-c4cccc5c(CCC)c(C6=CC(C)(C)C7C=CC=CC67)sc45)cc3)cn(-c3ccccc3)c2CC1.CC. The van der Waals surface area contributed by atoms with Crippen LogP contribution in [-0.4, -0.2) is 10.3 Å². The van der Waals surface area contributed by atoms with Crippen molar-refractivity contribution >= 4 is 67.6 Å². The number of para-hydroxylation sites is 1. The molecule has 3 heteroatoms. The van der Waals surface area contributed by atoms with Gasteiger partial charge < -0.3 is 4.57 Å². The molecule has 2 aromatic heterocycles. The summed E-state index contributed by atoms with van der Waals surface area (Å²) < 4.78 is 3.84. The first-order valence-corrected chi connectivity index (χ1v) is 26.3. The first-order valence-electron chi connectivity index (χ1n) is 24.5. The van der Waals surface area contributed by atoms with Gasteiger partial charge in [-0.1, -0.05) is 181 Å². The smallest absolute Gasteiger partial charge is 0.0452 e. The van der Waals surface area contributed by atoms with E-state index in [1.807, 2.05) is 36.9 Å². The van der Waals surface area contributed by atoms with Crippen LogP contribution < -0.4 is 0 Å². The predicted octanol–water partition coefficient (Wildman–Crippen LogP) is 18.6. The molecule has 334 valence electrons. The minimum atomic E-state index is 0.131. The lowest BCUT2D eigenvalue weighted by Crippen LogP contribution is -2.21. The van der Waals surface area contributed by atoms with Crippen molar-refractivity contribution < 1.29 is 0 Å². The number of aromatic nitrogens is 1. The summed E-state index contributed by atoms with van der Waals surface area (Å²) in [6.07, 6.45) is 35.9. The fourth-order valence-electron chi connectivity index (χ4n) is 10.7. The van der Waals surface area contributed by atoms with Crippen molar-refractivity contribution in [2.24, 2.45) is 17.3 Å². The number of nitrogens with zero attached hydrogens (tertiary/aromatic N) is 1. The maximum atomic E-state index is 4.58. The molecular formula is C63H65NS2. The summed E-state index contributed by atoms with van der Waals surface area (Å²) >= 11 is 3.98.